The number of hydrogen-bond acceptors (Lipinski definition) is 12. The second kappa shape index (κ2) is 37.8. The maximum absolute atomic E-state index is 11.8. The third kappa shape index (κ3) is 38.6. The molecule has 12 heteroatoms. The van der Waals surface area contributed by atoms with Gasteiger partial charge >= 0.3 is 11.9 Å². The SMILES string of the molecule is CCCCCCCCCCCC(=O)OCCOCCOCCOCCOCCOCCOCCOCCOCCOC(C)=O. The van der Waals surface area contributed by atoms with Crippen molar-refractivity contribution in [3.8, 4) is 0 Å². The Morgan fingerprint density at radius 3 is 0.955 bits per heavy atom. The second-order valence-electron chi connectivity index (χ2n) is 10.0. The Balaban J connectivity index is 3.12. The van der Waals surface area contributed by atoms with E-state index < -0.39 is 0 Å². The maximum Gasteiger partial charge on any atom is 0.305 e. The minimum absolute atomic E-state index is 0.139. The van der Waals surface area contributed by atoms with Crippen molar-refractivity contribution in [2.24, 2.45) is 0 Å². The van der Waals surface area contributed by atoms with Gasteiger partial charge < -0.3 is 47.4 Å². The van der Waals surface area contributed by atoms with Gasteiger partial charge in [0.1, 0.15) is 13.2 Å². The Hall–Kier alpha value is -1.38. The first-order chi connectivity index (χ1) is 21.7. The van der Waals surface area contributed by atoms with Crippen molar-refractivity contribution in [1.29, 1.82) is 0 Å². The lowest BCUT2D eigenvalue weighted by Gasteiger charge is -2.09. The molecular weight excluding hydrogens is 576 g/mol. The molecule has 0 aromatic heterocycles. The van der Waals surface area contributed by atoms with E-state index in [1.165, 1.54) is 51.9 Å². The van der Waals surface area contributed by atoms with Crippen molar-refractivity contribution in [2.45, 2.75) is 78.1 Å². The summed E-state index contributed by atoms with van der Waals surface area (Å²) in [6.07, 6.45) is 11.6. The third-order valence-electron chi connectivity index (χ3n) is 6.11. The highest BCUT2D eigenvalue weighted by Gasteiger charge is 2.03. The van der Waals surface area contributed by atoms with E-state index in [0.29, 0.717) is 112 Å². The van der Waals surface area contributed by atoms with E-state index >= 15 is 0 Å². The standard InChI is InChI=1S/C32H62O12/c1-3-4-5-6-7-8-9-10-11-12-32(34)44-30-28-42-26-24-40-22-20-38-18-16-36-14-13-35-15-17-37-19-21-39-23-25-41-27-29-43-31(2)33/h3-30H2,1-2H3. The normalized spacial score (nSPS) is 11.2. The van der Waals surface area contributed by atoms with E-state index in [9.17, 15) is 9.59 Å². The number of carbonyl (C=O) groups is 2. The molecule has 0 aromatic carbocycles. The molecule has 262 valence electrons. The number of carbonyl (C=O) groups excluding carboxylic acids is 2. The fourth-order valence-corrected chi connectivity index (χ4v) is 3.75. The second-order valence-corrected chi connectivity index (χ2v) is 10.0. The lowest BCUT2D eigenvalue weighted by Crippen LogP contribution is -2.15. The summed E-state index contributed by atoms with van der Waals surface area (Å²) in [6.45, 7) is 11.6. The van der Waals surface area contributed by atoms with Gasteiger partial charge in [0.25, 0.3) is 0 Å². The number of unbranched alkanes of at least 4 members (excludes halogenated alkanes) is 8. The number of esters is 2. The number of rotatable bonds is 37. The van der Waals surface area contributed by atoms with Gasteiger partial charge in [0.2, 0.25) is 0 Å². The average Bonchev–Trinajstić information content (AvgIpc) is 3.01. The summed E-state index contributed by atoms with van der Waals surface area (Å²) in [4.78, 5) is 22.3. The van der Waals surface area contributed by atoms with Gasteiger partial charge in [0.15, 0.2) is 0 Å². The van der Waals surface area contributed by atoms with Gasteiger partial charge in [-0.1, -0.05) is 58.3 Å². The fraction of sp³-hybridized carbons (Fsp3) is 0.938. The van der Waals surface area contributed by atoms with Crippen LogP contribution < -0.4 is 0 Å². The van der Waals surface area contributed by atoms with Gasteiger partial charge in [-0.2, -0.15) is 0 Å². The molecular formula is C32H62O12. The molecule has 0 heterocycles. The Morgan fingerprint density at radius 1 is 0.364 bits per heavy atom. The first-order valence-electron chi connectivity index (χ1n) is 16.6. The van der Waals surface area contributed by atoms with Crippen LogP contribution in [-0.4, -0.2) is 131 Å². The zero-order valence-corrected chi connectivity index (χ0v) is 27.7. The molecule has 0 aliphatic carbocycles. The molecule has 44 heavy (non-hydrogen) atoms. The smallest absolute Gasteiger partial charge is 0.305 e. The van der Waals surface area contributed by atoms with Crippen molar-refractivity contribution >= 4 is 11.9 Å². The van der Waals surface area contributed by atoms with Crippen LogP contribution in [0.3, 0.4) is 0 Å². The molecule has 0 aliphatic heterocycles. The summed E-state index contributed by atoms with van der Waals surface area (Å²) in [6, 6.07) is 0. The molecule has 0 radical (unpaired) electrons. The minimum Gasteiger partial charge on any atom is -0.463 e. The Labute approximate surface area is 266 Å². The molecule has 0 unspecified atom stereocenters. The molecule has 0 aromatic rings. The van der Waals surface area contributed by atoms with E-state index in [4.69, 9.17) is 47.4 Å². The summed E-state index contributed by atoms with van der Waals surface area (Å²) in [5.74, 6) is -0.451. The minimum atomic E-state index is -0.312. The van der Waals surface area contributed by atoms with Crippen molar-refractivity contribution in [2.75, 3.05) is 119 Å². The molecule has 0 saturated heterocycles. The number of hydrogen-bond donors (Lipinski definition) is 0. The first kappa shape index (κ1) is 42.6. The zero-order valence-electron chi connectivity index (χ0n) is 27.7. The van der Waals surface area contributed by atoms with E-state index in [1.54, 1.807) is 0 Å². The van der Waals surface area contributed by atoms with Crippen LogP contribution in [0.5, 0.6) is 0 Å². The lowest BCUT2D eigenvalue weighted by atomic mass is 10.1. The molecule has 0 rings (SSSR count). The molecule has 0 bridgehead atoms. The van der Waals surface area contributed by atoms with E-state index in [0.717, 1.165) is 12.8 Å². The highest BCUT2D eigenvalue weighted by atomic mass is 16.6. The van der Waals surface area contributed by atoms with E-state index in [-0.39, 0.29) is 25.2 Å². The highest BCUT2D eigenvalue weighted by molar-refractivity contribution is 5.69. The van der Waals surface area contributed by atoms with Crippen LogP contribution in [0.25, 0.3) is 0 Å². The summed E-state index contributed by atoms with van der Waals surface area (Å²) < 4.78 is 53.3. The third-order valence-corrected chi connectivity index (χ3v) is 6.11. The summed E-state index contributed by atoms with van der Waals surface area (Å²) in [5, 5.41) is 0. The summed E-state index contributed by atoms with van der Waals surface area (Å²) in [7, 11) is 0. The van der Waals surface area contributed by atoms with Crippen LogP contribution in [0.15, 0.2) is 0 Å². The van der Waals surface area contributed by atoms with Crippen LogP contribution in [0.4, 0.5) is 0 Å². The number of ether oxygens (including phenoxy) is 10. The molecule has 0 aliphatic rings. The molecule has 0 amide bonds. The Bertz CT molecular complexity index is 594. The Morgan fingerprint density at radius 2 is 0.636 bits per heavy atom. The van der Waals surface area contributed by atoms with E-state index in [1.807, 2.05) is 0 Å². The van der Waals surface area contributed by atoms with Crippen LogP contribution in [0.1, 0.15) is 78.1 Å². The van der Waals surface area contributed by atoms with Gasteiger partial charge in [-0.25, -0.2) is 0 Å². The lowest BCUT2D eigenvalue weighted by molar-refractivity contribution is -0.145. The van der Waals surface area contributed by atoms with Gasteiger partial charge in [-0.05, 0) is 6.42 Å². The van der Waals surface area contributed by atoms with Gasteiger partial charge in [-0.3, -0.25) is 9.59 Å². The molecule has 0 saturated carbocycles. The van der Waals surface area contributed by atoms with Crippen molar-refractivity contribution < 1.29 is 57.0 Å². The van der Waals surface area contributed by atoms with Crippen LogP contribution in [-0.2, 0) is 57.0 Å². The van der Waals surface area contributed by atoms with Gasteiger partial charge in [-0.15, -0.1) is 0 Å². The van der Waals surface area contributed by atoms with Crippen LogP contribution in [0.2, 0.25) is 0 Å². The predicted molar refractivity (Wildman–Crippen MR) is 166 cm³/mol. The van der Waals surface area contributed by atoms with Crippen molar-refractivity contribution in [1.82, 2.24) is 0 Å². The summed E-state index contributed by atoms with van der Waals surface area (Å²) >= 11 is 0. The fourth-order valence-electron chi connectivity index (χ4n) is 3.75. The maximum atomic E-state index is 11.8. The molecule has 0 N–H and O–H groups in total. The van der Waals surface area contributed by atoms with Crippen LogP contribution >= 0.6 is 0 Å². The molecule has 0 atom stereocenters. The quantitative estimate of drug-likeness (QED) is 0.0717. The topological polar surface area (TPSA) is 126 Å². The largest absolute Gasteiger partial charge is 0.463 e. The van der Waals surface area contributed by atoms with Crippen molar-refractivity contribution in [3.05, 3.63) is 0 Å². The van der Waals surface area contributed by atoms with Gasteiger partial charge in [0.05, 0.1) is 106 Å². The first-order valence-corrected chi connectivity index (χ1v) is 16.6. The summed E-state index contributed by atoms with van der Waals surface area (Å²) in [5.41, 5.74) is 0. The van der Waals surface area contributed by atoms with Gasteiger partial charge in [0, 0.05) is 13.3 Å². The van der Waals surface area contributed by atoms with E-state index in [2.05, 4.69) is 6.92 Å². The molecule has 0 fully saturated rings. The predicted octanol–water partition coefficient (Wildman–Crippen LogP) is 4.15. The Kier molecular flexibility index (Phi) is 36.6. The monoisotopic (exact) mass is 638 g/mol. The average molecular weight is 639 g/mol. The zero-order chi connectivity index (χ0) is 32.0. The highest BCUT2D eigenvalue weighted by Crippen LogP contribution is 2.10. The molecule has 0 spiro atoms. The molecule has 12 nitrogen and oxygen atoms in total. The van der Waals surface area contributed by atoms with Crippen molar-refractivity contribution in [3.63, 3.8) is 0 Å². The van der Waals surface area contributed by atoms with Crippen LogP contribution in [0, 0.1) is 0 Å².